The highest BCUT2D eigenvalue weighted by Crippen LogP contribution is 2.16. The lowest BCUT2D eigenvalue weighted by molar-refractivity contribution is 0.580. The predicted octanol–water partition coefficient (Wildman–Crippen LogP) is 3.08. The van der Waals surface area contributed by atoms with E-state index >= 15 is 0 Å². The summed E-state index contributed by atoms with van der Waals surface area (Å²) >= 11 is 3.31. The van der Waals surface area contributed by atoms with Gasteiger partial charge in [0.15, 0.2) is 5.96 Å². The molecule has 0 spiro atoms. The number of hydrogen-bond donors (Lipinski definition) is 2. The van der Waals surface area contributed by atoms with Crippen LogP contribution < -0.4 is 10.6 Å². The molecule has 0 radical (unpaired) electrons. The second-order valence-corrected chi connectivity index (χ2v) is 8.57. The predicted molar refractivity (Wildman–Crippen MR) is 111 cm³/mol. The maximum atomic E-state index is 13.7. The van der Waals surface area contributed by atoms with Gasteiger partial charge in [0.25, 0.3) is 0 Å². The molecule has 1 aromatic carbocycles. The molecular weight excluding hydrogens is 512 g/mol. The molecule has 2 N–H and O–H groups in total. The average Bonchev–Trinajstić information content (AvgIpc) is 2.45. The van der Waals surface area contributed by atoms with Crippen LogP contribution >= 0.6 is 39.9 Å². The minimum absolute atomic E-state index is 0. The van der Waals surface area contributed by atoms with Crippen molar-refractivity contribution in [2.75, 3.05) is 18.6 Å². The first-order valence-electron chi connectivity index (χ1n) is 7.37. The van der Waals surface area contributed by atoms with Gasteiger partial charge in [0.1, 0.15) is 15.7 Å². The molecule has 0 saturated carbocycles. The standard InChI is InChI=1S/C15H23BrFN3O2S.HI/c1-4-18-15(20-11(2)7-8-23(3,21)22)19-10-12-9-13(16)5-6-14(12)17;/h5-6,9,11H,4,7-8,10H2,1-3H3,(H2,18,19,20);1H. The molecule has 1 atom stereocenters. The van der Waals surface area contributed by atoms with E-state index < -0.39 is 9.84 Å². The van der Waals surface area contributed by atoms with Crippen LogP contribution in [0.25, 0.3) is 0 Å². The van der Waals surface area contributed by atoms with Gasteiger partial charge in [-0.3, -0.25) is 0 Å². The first-order chi connectivity index (χ1) is 10.7. The molecule has 24 heavy (non-hydrogen) atoms. The highest BCUT2D eigenvalue weighted by molar-refractivity contribution is 14.0. The maximum Gasteiger partial charge on any atom is 0.191 e. The van der Waals surface area contributed by atoms with Crippen LogP contribution in [0, 0.1) is 5.82 Å². The van der Waals surface area contributed by atoms with Gasteiger partial charge < -0.3 is 10.6 Å². The Morgan fingerprint density at radius 1 is 1.42 bits per heavy atom. The molecule has 9 heteroatoms. The Labute approximate surface area is 169 Å². The van der Waals surface area contributed by atoms with Crippen molar-refractivity contribution in [2.24, 2.45) is 4.99 Å². The van der Waals surface area contributed by atoms with Gasteiger partial charge in [0.05, 0.1) is 12.3 Å². The van der Waals surface area contributed by atoms with Gasteiger partial charge in [-0.05, 0) is 38.5 Å². The smallest absolute Gasteiger partial charge is 0.191 e. The average molecular weight is 536 g/mol. The van der Waals surface area contributed by atoms with Crippen LogP contribution in [0.15, 0.2) is 27.7 Å². The van der Waals surface area contributed by atoms with E-state index in [9.17, 15) is 12.8 Å². The van der Waals surface area contributed by atoms with Gasteiger partial charge in [-0.2, -0.15) is 0 Å². The minimum Gasteiger partial charge on any atom is -0.357 e. The van der Waals surface area contributed by atoms with Crippen molar-refractivity contribution >= 4 is 55.7 Å². The topological polar surface area (TPSA) is 70.6 Å². The van der Waals surface area contributed by atoms with E-state index in [0.29, 0.717) is 24.5 Å². The summed E-state index contributed by atoms with van der Waals surface area (Å²) in [5, 5.41) is 6.21. The molecule has 0 amide bonds. The lowest BCUT2D eigenvalue weighted by atomic mass is 10.2. The van der Waals surface area contributed by atoms with Gasteiger partial charge in [0, 0.05) is 28.9 Å². The molecule has 0 heterocycles. The molecule has 1 aromatic rings. The summed E-state index contributed by atoms with van der Waals surface area (Å²) < 4.78 is 36.9. The Morgan fingerprint density at radius 3 is 2.67 bits per heavy atom. The molecule has 0 aliphatic heterocycles. The fourth-order valence-corrected chi connectivity index (χ4v) is 3.04. The molecule has 0 aromatic heterocycles. The summed E-state index contributed by atoms with van der Waals surface area (Å²) in [5.74, 6) is 0.340. The Hall–Kier alpha value is -0.420. The lowest BCUT2D eigenvalue weighted by Gasteiger charge is -2.17. The molecule has 5 nitrogen and oxygen atoms in total. The summed E-state index contributed by atoms with van der Waals surface area (Å²) in [4.78, 5) is 4.35. The molecule has 138 valence electrons. The van der Waals surface area contributed by atoms with E-state index in [1.807, 2.05) is 13.8 Å². The van der Waals surface area contributed by atoms with Crippen molar-refractivity contribution in [3.05, 3.63) is 34.1 Å². The van der Waals surface area contributed by atoms with Crippen LogP contribution in [-0.2, 0) is 16.4 Å². The van der Waals surface area contributed by atoms with Crippen LogP contribution in [0.3, 0.4) is 0 Å². The minimum atomic E-state index is -2.99. The number of nitrogens with one attached hydrogen (secondary N) is 2. The van der Waals surface area contributed by atoms with Crippen LogP contribution in [0.5, 0.6) is 0 Å². The molecule has 1 rings (SSSR count). The van der Waals surface area contributed by atoms with Crippen molar-refractivity contribution in [1.29, 1.82) is 0 Å². The summed E-state index contributed by atoms with van der Waals surface area (Å²) in [5.41, 5.74) is 0.486. The number of guanidine groups is 1. The quantitative estimate of drug-likeness (QED) is 0.320. The van der Waals surface area contributed by atoms with Gasteiger partial charge in [-0.25, -0.2) is 17.8 Å². The van der Waals surface area contributed by atoms with Crippen LogP contribution in [-0.4, -0.2) is 39.0 Å². The lowest BCUT2D eigenvalue weighted by Crippen LogP contribution is -2.42. The van der Waals surface area contributed by atoms with Gasteiger partial charge in [0.2, 0.25) is 0 Å². The van der Waals surface area contributed by atoms with Crippen LogP contribution in [0.4, 0.5) is 4.39 Å². The molecule has 0 saturated heterocycles. The summed E-state index contributed by atoms with van der Waals surface area (Å²) in [6.07, 6.45) is 1.70. The molecule has 0 bridgehead atoms. The number of benzene rings is 1. The SMILES string of the molecule is CCNC(=NCc1cc(Br)ccc1F)NC(C)CCS(C)(=O)=O.I. The van der Waals surface area contributed by atoms with Crippen LogP contribution in [0.1, 0.15) is 25.8 Å². The number of aliphatic imine (C=N–C) groups is 1. The van der Waals surface area contributed by atoms with Gasteiger partial charge in [-0.15, -0.1) is 24.0 Å². The zero-order chi connectivity index (χ0) is 17.5. The number of sulfone groups is 1. The third-order valence-electron chi connectivity index (χ3n) is 3.06. The third-order valence-corrected chi connectivity index (χ3v) is 4.53. The Balaban J connectivity index is 0.00000529. The molecule has 0 aliphatic rings. The van der Waals surface area contributed by atoms with Gasteiger partial charge in [-0.1, -0.05) is 15.9 Å². The van der Waals surface area contributed by atoms with Crippen molar-refractivity contribution < 1.29 is 12.8 Å². The monoisotopic (exact) mass is 535 g/mol. The van der Waals surface area contributed by atoms with Gasteiger partial charge >= 0.3 is 0 Å². The summed E-state index contributed by atoms with van der Waals surface area (Å²) in [6, 6.07) is 4.66. The largest absolute Gasteiger partial charge is 0.357 e. The summed E-state index contributed by atoms with van der Waals surface area (Å²) in [7, 11) is -2.99. The second kappa shape index (κ2) is 11.2. The zero-order valence-corrected chi connectivity index (χ0v) is 18.7. The third kappa shape index (κ3) is 9.77. The van der Waals surface area contributed by atoms with Crippen LogP contribution in [0.2, 0.25) is 0 Å². The van der Waals surface area contributed by atoms with Crippen molar-refractivity contribution in [1.82, 2.24) is 10.6 Å². The summed E-state index contributed by atoms with van der Waals surface area (Å²) in [6.45, 7) is 4.67. The molecular formula is C15H24BrFIN3O2S. The molecule has 0 aliphatic carbocycles. The fraction of sp³-hybridized carbons (Fsp3) is 0.533. The van der Waals surface area contributed by atoms with E-state index in [2.05, 4.69) is 31.6 Å². The maximum absolute atomic E-state index is 13.7. The van der Waals surface area contributed by atoms with Crippen molar-refractivity contribution in [3.63, 3.8) is 0 Å². The van der Waals surface area contributed by atoms with Crippen molar-refractivity contribution in [3.8, 4) is 0 Å². The number of halogens is 3. The highest BCUT2D eigenvalue weighted by Gasteiger charge is 2.10. The first kappa shape index (κ1) is 23.6. The van der Waals surface area contributed by atoms with E-state index in [4.69, 9.17) is 0 Å². The molecule has 0 fully saturated rings. The van der Waals surface area contributed by atoms with E-state index in [-0.39, 0.29) is 48.1 Å². The zero-order valence-electron chi connectivity index (χ0n) is 14.0. The molecule has 1 unspecified atom stereocenters. The highest BCUT2D eigenvalue weighted by atomic mass is 127. The normalized spacial score (nSPS) is 13.1. The second-order valence-electron chi connectivity index (χ2n) is 5.39. The Morgan fingerprint density at radius 2 is 2.08 bits per heavy atom. The fourth-order valence-electron chi connectivity index (χ4n) is 1.85. The number of nitrogens with zero attached hydrogens (tertiary/aromatic N) is 1. The number of rotatable bonds is 7. The Bertz CT molecular complexity index is 656. The van der Waals surface area contributed by atoms with Crippen molar-refractivity contribution in [2.45, 2.75) is 32.9 Å². The first-order valence-corrected chi connectivity index (χ1v) is 10.2. The number of hydrogen-bond acceptors (Lipinski definition) is 3. The van der Waals surface area contributed by atoms with E-state index in [1.165, 1.54) is 12.3 Å². The van der Waals surface area contributed by atoms with E-state index in [1.54, 1.807) is 12.1 Å². The van der Waals surface area contributed by atoms with E-state index in [0.717, 1.165) is 4.47 Å². The Kier molecular flexibility index (Phi) is 11.0.